The Hall–Kier alpha value is -1.72. The lowest BCUT2D eigenvalue weighted by molar-refractivity contribution is -0.00188. The molecule has 0 spiro atoms. The topological polar surface area (TPSA) is 53.4 Å². The molecule has 1 aromatic heterocycles. The number of carbonyl (C=O) groups excluding carboxylic acids is 1. The van der Waals surface area contributed by atoms with Crippen molar-refractivity contribution in [3.8, 4) is 10.6 Å². The van der Waals surface area contributed by atoms with E-state index in [-0.39, 0.29) is 5.91 Å². The molecule has 0 bridgehead atoms. The normalized spacial score (nSPS) is 17.7. The lowest BCUT2D eigenvalue weighted by Crippen LogP contribution is -2.44. The van der Waals surface area contributed by atoms with Gasteiger partial charge in [0.25, 0.3) is 5.91 Å². The van der Waals surface area contributed by atoms with Gasteiger partial charge in [-0.25, -0.2) is 4.98 Å². The van der Waals surface area contributed by atoms with E-state index in [0.29, 0.717) is 30.8 Å². The molecular weight excluding hydrogens is 284 g/mol. The molecule has 2 aromatic rings. The van der Waals surface area contributed by atoms with Crippen LogP contribution >= 0.6 is 11.3 Å². The highest BCUT2D eigenvalue weighted by atomic mass is 32.1. The van der Waals surface area contributed by atoms with Crippen molar-refractivity contribution in [2.24, 2.45) is 0 Å². The van der Waals surface area contributed by atoms with Gasteiger partial charge in [0.05, 0.1) is 11.8 Å². The number of nitrogens with zero attached hydrogens (tertiary/aromatic N) is 2. The Morgan fingerprint density at radius 2 is 1.95 bits per heavy atom. The van der Waals surface area contributed by atoms with Crippen molar-refractivity contribution in [1.82, 2.24) is 9.88 Å². The maximum Gasteiger partial charge on any atom is 0.265 e. The first-order valence-electron chi connectivity index (χ1n) is 7.08. The molecule has 110 valence electrons. The molecule has 1 fully saturated rings. The Labute approximate surface area is 128 Å². The number of hydrogen-bond acceptors (Lipinski definition) is 4. The number of hydrogen-bond donors (Lipinski definition) is 1. The Morgan fingerprint density at radius 1 is 1.29 bits per heavy atom. The molecule has 0 aliphatic carbocycles. The molecule has 0 atom stereocenters. The second-order valence-corrected chi connectivity index (χ2v) is 6.72. The van der Waals surface area contributed by atoms with Crippen LogP contribution < -0.4 is 0 Å². The number of rotatable bonds is 2. The van der Waals surface area contributed by atoms with Crippen LogP contribution in [-0.2, 0) is 0 Å². The van der Waals surface area contributed by atoms with Crippen LogP contribution in [0.2, 0.25) is 0 Å². The van der Waals surface area contributed by atoms with E-state index in [1.807, 2.05) is 37.3 Å². The van der Waals surface area contributed by atoms with Crippen molar-refractivity contribution in [1.29, 1.82) is 0 Å². The minimum atomic E-state index is -0.639. The third kappa shape index (κ3) is 3.14. The number of benzene rings is 1. The summed E-state index contributed by atoms with van der Waals surface area (Å²) in [6.45, 7) is 3.03. The summed E-state index contributed by atoms with van der Waals surface area (Å²) >= 11 is 1.42. The van der Waals surface area contributed by atoms with Gasteiger partial charge in [0.15, 0.2) is 0 Å². The van der Waals surface area contributed by atoms with Crippen LogP contribution in [0.5, 0.6) is 0 Å². The summed E-state index contributed by atoms with van der Waals surface area (Å²) in [5, 5.41) is 10.8. The Balaban J connectivity index is 1.73. The van der Waals surface area contributed by atoms with Gasteiger partial charge in [0.2, 0.25) is 0 Å². The lowest BCUT2D eigenvalue weighted by Gasteiger charge is -2.35. The summed E-state index contributed by atoms with van der Waals surface area (Å²) in [4.78, 5) is 19.3. The molecule has 0 radical (unpaired) electrons. The van der Waals surface area contributed by atoms with E-state index >= 15 is 0 Å². The second kappa shape index (κ2) is 5.58. The van der Waals surface area contributed by atoms with Crippen LogP contribution in [0.15, 0.2) is 36.5 Å². The third-order valence-electron chi connectivity index (χ3n) is 3.87. The zero-order valence-electron chi connectivity index (χ0n) is 12.0. The summed E-state index contributed by atoms with van der Waals surface area (Å²) in [6.07, 6.45) is 2.91. The van der Waals surface area contributed by atoms with Gasteiger partial charge < -0.3 is 10.0 Å². The quantitative estimate of drug-likeness (QED) is 0.928. The average Bonchev–Trinajstić information content (AvgIpc) is 2.97. The molecule has 1 saturated heterocycles. The molecule has 2 heterocycles. The molecule has 0 saturated carbocycles. The van der Waals surface area contributed by atoms with E-state index in [2.05, 4.69) is 4.98 Å². The maximum atomic E-state index is 12.5. The minimum absolute atomic E-state index is 0.0187. The van der Waals surface area contributed by atoms with Crippen LogP contribution in [0.3, 0.4) is 0 Å². The van der Waals surface area contributed by atoms with Gasteiger partial charge in [0.1, 0.15) is 9.88 Å². The molecule has 1 amide bonds. The van der Waals surface area contributed by atoms with Crippen LogP contribution in [0, 0.1) is 0 Å². The highest BCUT2D eigenvalue weighted by Gasteiger charge is 2.30. The number of aliphatic hydroxyl groups is 1. The van der Waals surface area contributed by atoms with Gasteiger partial charge in [-0.2, -0.15) is 0 Å². The van der Waals surface area contributed by atoms with Gasteiger partial charge in [-0.15, -0.1) is 11.3 Å². The Bertz CT molecular complexity index is 627. The lowest BCUT2D eigenvalue weighted by atomic mass is 9.94. The second-order valence-electron chi connectivity index (χ2n) is 5.68. The number of likely N-dealkylation sites (tertiary alicyclic amines) is 1. The monoisotopic (exact) mass is 302 g/mol. The van der Waals surface area contributed by atoms with Crippen LogP contribution in [0.4, 0.5) is 0 Å². The van der Waals surface area contributed by atoms with E-state index in [1.54, 1.807) is 11.1 Å². The molecule has 1 aromatic carbocycles. The fourth-order valence-electron chi connectivity index (χ4n) is 2.43. The Kier molecular flexibility index (Phi) is 3.78. The van der Waals surface area contributed by atoms with Crippen molar-refractivity contribution >= 4 is 17.2 Å². The minimum Gasteiger partial charge on any atom is -0.390 e. The third-order valence-corrected chi connectivity index (χ3v) is 4.90. The van der Waals surface area contributed by atoms with Gasteiger partial charge in [-0.1, -0.05) is 30.3 Å². The largest absolute Gasteiger partial charge is 0.390 e. The zero-order valence-corrected chi connectivity index (χ0v) is 12.8. The molecule has 0 unspecified atom stereocenters. The average molecular weight is 302 g/mol. The van der Waals surface area contributed by atoms with Crippen molar-refractivity contribution in [3.63, 3.8) is 0 Å². The zero-order chi connectivity index (χ0) is 14.9. The highest BCUT2D eigenvalue weighted by Crippen LogP contribution is 2.27. The molecule has 3 rings (SSSR count). The first kappa shape index (κ1) is 14.2. The van der Waals surface area contributed by atoms with E-state index in [9.17, 15) is 9.90 Å². The van der Waals surface area contributed by atoms with Crippen LogP contribution in [0.25, 0.3) is 10.6 Å². The smallest absolute Gasteiger partial charge is 0.265 e. The first-order valence-corrected chi connectivity index (χ1v) is 7.90. The van der Waals surface area contributed by atoms with E-state index in [0.717, 1.165) is 10.6 Å². The van der Waals surface area contributed by atoms with Crippen LogP contribution in [0.1, 0.15) is 29.4 Å². The fourth-order valence-corrected chi connectivity index (χ4v) is 3.32. The summed E-state index contributed by atoms with van der Waals surface area (Å²) in [6, 6.07) is 9.87. The number of piperidine rings is 1. The SMILES string of the molecule is CC1(O)CCN(C(=O)c2cnc(-c3ccccc3)s2)CC1. The number of thiazole rings is 1. The van der Waals surface area contributed by atoms with Crippen LogP contribution in [-0.4, -0.2) is 39.6 Å². The van der Waals surface area contributed by atoms with Crippen molar-refractivity contribution in [2.45, 2.75) is 25.4 Å². The molecule has 5 heteroatoms. The summed E-state index contributed by atoms with van der Waals surface area (Å²) in [5.41, 5.74) is 0.391. The molecule has 4 nitrogen and oxygen atoms in total. The standard InChI is InChI=1S/C16H18N2O2S/c1-16(20)7-9-18(10-8-16)15(19)13-11-17-14(21-13)12-5-3-2-4-6-12/h2-6,11,20H,7-10H2,1H3. The van der Waals surface area contributed by atoms with Crippen molar-refractivity contribution in [3.05, 3.63) is 41.4 Å². The predicted octanol–water partition coefficient (Wildman–Crippen LogP) is 2.80. The van der Waals surface area contributed by atoms with Gasteiger partial charge >= 0.3 is 0 Å². The Morgan fingerprint density at radius 3 is 2.62 bits per heavy atom. The fraction of sp³-hybridized carbons (Fsp3) is 0.375. The van der Waals surface area contributed by atoms with Gasteiger partial charge in [-0.05, 0) is 19.8 Å². The molecular formula is C16H18N2O2S. The highest BCUT2D eigenvalue weighted by molar-refractivity contribution is 7.16. The van der Waals surface area contributed by atoms with Gasteiger partial charge in [0, 0.05) is 18.7 Å². The summed E-state index contributed by atoms with van der Waals surface area (Å²) in [7, 11) is 0. The molecule has 1 N–H and O–H groups in total. The number of amides is 1. The molecule has 1 aliphatic heterocycles. The molecule has 1 aliphatic rings. The number of aromatic nitrogens is 1. The van der Waals surface area contributed by atoms with Crippen molar-refractivity contribution in [2.75, 3.05) is 13.1 Å². The van der Waals surface area contributed by atoms with E-state index in [1.165, 1.54) is 11.3 Å². The maximum absolute atomic E-state index is 12.5. The van der Waals surface area contributed by atoms with Gasteiger partial charge in [-0.3, -0.25) is 4.79 Å². The number of carbonyl (C=O) groups is 1. The summed E-state index contributed by atoms with van der Waals surface area (Å²) in [5.74, 6) is 0.0187. The van der Waals surface area contributed by atoms with E-state index < -0.39 is 5.60 Å². The predicted molar refractivity (Wildman–Crippen MR) is 83.3 cm³/mol. The summed E-state index contributed by atoms with van der Waals surface area (Å²) < 4.78 is 0. The first-order chi connectivity index (χ1) is 10.1. The van der Waals surface area contributed by atoms with Crippen molar-refractivity contribution < 1.29 is 9.90 Å². The molecule has 21 heavy (non-hydrogen) atoms. The van der Waals surface area contributed by atoms with E-state index in [4.69, 9.17) is 0 Å².